The molecule has 4 rings (SSSR count). The van der Waals surface area contributed by atoms with E-state index in [1.54, 1.807) is 27.9 Å². The topological polar surface area (TPSA) is 63.0 Å². The lowest BCUT2D eigenvalue weighted by atomic mass is 10.1. The first-order chi connectivity index (χ1) is 14.6. The summed E-state index contributed by atoms with van der Waals surface area (Å²) in [6.07, 6.45) is 6.77. The molecule has 0 atom stereocenters. The van der Waals surface area contributed by atoms with E-state index in [4.69, 9.17) is 4.74 Å². The summed E-state index contributed by atoms with van der Waals surface area (Å²) < 4.78 is 22.6. The zero-order chi connectivity index (χ0) is 21.1. The number of ether oxygens (including phenoxy) is 1. The molecule has 30 heavy (non-hydrogen) atoms. The fourth-order valence-electron chi connectivity index (χ4n) is 3.46. The number of halogens is 2. The predicted octanol–water partition coefficient (Wildman–Crippen LogP) is 4.36. The van der Waals surface area contributed by atoms with Crippen LogP contribution in [0.1, 0.15) is 19.8 Å². The van der Waals surface area contributed by atoms with E-state index in [9.17, 15) is 9.18 Å². The molecule has 1 amide bonds. The number of hydrogen-bond donors (Lipinski definition) is 0. The van der Waals surface area contributed by atoms with Gasteiger partial charge in [-0.05, 0) is 40.0 Å². The first kappa shape index (κ1) is 20.6. The zero-order valence-electron chi connectivity index (χ0n) is 16.7. The molecule has 1 saturated heterocycles. The van der Waals surface area contributed by atoms with E-state index in [2.05, 4.69) is 32.9 Å². The van der Waals surface area contributed by atoms with Gasteiger partial charge in [0, 0.05) is 44.1 Å². The van der Waals surface area contributed by atoms with Crippen molar-refractivity contribution in [1.82, 2.24) is 19.5 Å². The van der Waals surface area contributed by atoms with E-state index >= 15 is 0 Å². The minimum Gasteiger partial charge on any atom is -0.449 e. The molecule has 3 aromatic rings. The summed E-state index contributed by atoms with van der Waals surface area (Å²) in [7, 11) is 0. The maximum absolute atomic E-state index is 14.9. The van der Waals surface area contributed by atoms with Crippen LogP contribution in [0.4, 0.5) is 14.9 Å². The lowest BCUT2D eigenvalue weighted by molar-refractivity contribution is 0.0989. The van der Waals surface area contributed by atoms with E-state index in [1.165, 1.54) is 6.07 Å². The summed E-state index contributed by atoms with van der Waals surface area (Å²) in [4.78, 5) is 20.1. The molecule has 0 bridgehead atoms. The lowest BCUT2D eigenvalue weighted by Crippen LogP contribution is -2.49. The highest BCUT2D eigenvalue weighted by atomic mass is 79.9. The fourth-order valence-corrected chi connectivity index (χ4v) is 3.84. The van der Waals surface area contributed by atoms with E-state index in [-0.39, 0.29) is 11.9 Å². The molecule has 2 aromatic heterocycles. The van der Waals surface area contributed by atoms with Crippen molar-refractivity contribution in [1.29, 1.82) is 0 Å². The number of anilines is 1. The van der Waals surface area contributed by atoms with Crippen molar-refractivity contribution in [2.45, 2.75) is 19.8 Å². The Balaban J connectivity index is 1.43. The summed E-state index contributed by atoms with van der Waals surface area (Å²) in [5, 5.41) is 4.23. The summed E-state index contributed by atoms with van der Waals surface area (Å²) in [6.45, 7) is 4.66. The Morgan fingerprint density at radius 3 is 2.73 bits per heavy atom. The number of carbonyl (C=O) groups is 1. The molecule has 1 aliphatic rings. The number of benzene rings is 1. The zero-order valence-corrected chi connectivity index (χ0v) is 18.3. The third kappa shape index (κ3) is 4.26. The second-order valence-electron chi connectivity index (χ2n) is 7.21. The van der Waals surface area contributed by atoms with Crippen LogP contribution in [0.2, 0.25) is 0 Å². The Labute approximate surface area is 182 Å². The van der Waals surface area contributed by atoms with Crippen LogP contribution in [-0.4, -0.2) is 58.4 Å². The Bertz CT molecular complexity index is 1050. The highest BCUT2D eigenvalue weighted by molar-refractivity contribution is 9.10. The molecule has 0 aliphatic carbocycles. The third-order valence-corrected chi connectivity index (χ3v) is 5.76. The molecule has 7 nitrogen and oxygen atoms in total. The van der Waals surface area contributed by atoms with Gasteiger partial charge in [0.2, 0.25) is 0 Å². The molecule has 1 aliphatic heterocycles. The van der Waals surface area contributed by atoms with Gasteiger partial charge < -0.3 is 14.5 Å². The van der Waals surface area contributed by atoms with E-state index in [0.29, 0.717) is 44.1 Å². The van der Waals surface area contributed by atoms with Crippen LogP contribution in [0.3, 0.4) is 0 Å². The average molecular weight is 476 g/mol. The predicted molar refractivity (Wildman–Crippen MR) is 116 cm³/mol. The second kappa shape index (κ2) is 8.99. The van der Waals surface area contributed by atoms with Gasteiger partial charge >= 0.3 is 6.09 Å². The van der Waals surface area contributed by atoms with E-state index in [1.807, 2.05) is 17.2 Å². The highest BCUT2D eigenvalue weighted by Crippen LogP contribution is 2.28. The average Bonchev–Trinajstić information content (AvgIpc) is 3.14. The fraction of sp³-hybridized carbons (Fsp3) is 0.381. The SMILES string of the molecule is CCCCOC(=O)N1CCN(c2ccc(-c3cnc4c(Br)cnn4c3)cc2F)CC1. The number of aromatic nitrogens is 3. The summed E-state index contributed by atoms with van der Waals surface area (Å²) >= 11 is 3.40. The van der Waals surface area contributed by atoms with Crippen LogP contribution in [-0.2, 0) is 4.74 Å². The van der Waals surface area contributed by atoms with Gasteiger partial charge in [-0.25, -0.2) is 18.7 Å². The first-order valence-corrected chi connectivity index (χ1v) is 10.8. The van der Waals surface area contributed by atoms with Gasteiger partial charge in [-0.2, -0.15) is 5.10 Å². The molecule has 0 N–H and O–H groups in total. The number of amides is 1. The summed E-state index contributed by atoms with van der Waals surface area (Å²) in [5.41, 5.74) is 2.76. The minimum atomic E-state index is -0.298. The van der Waals surface area contributed by atoms with Gasteiger partial charge in [-0.3, -0.25) is 0 Å². The summed E-state index contributed by atoms with van der Waals surface area (Å²) in [6, 6.07) is 5.18. The van der Waals surface area contributed by atoms with E-state index < -0.39 is 0 Å². The number of hydrogen-bond acceptors (Lipinski definition) is 5. The van der Waals surface area contributed by atoms with Gasteiger partial charge in [-0.1, -0.05) is 19.4 Å². The monoisotopic (exact) mass is 475 g/mol. The Morgan fingerprint density at radius 2 is 2.00 bits per heavy atom. The van der Waals surface area contributed by atoms with Crippen LogP contribution < -0.4 is 4.90 Å². The van der Waals surface area contributed by atoms with Crippen molar-refractivity contribution < 1.29 is 13.9 Å². The Morgan fingerprint density at radius 1 is 1.20 bits per heavy atom. The van der Waals surface area contributed by atoms with Crippen molar-refractivity contribution in [3.8, 4) is 11.1 Å². The lowest BCUT2D eigenvalue weighted by Gasteiger charge is -2.35. The van der Waals surface area contributed by atoms with Gasteiger partial charge in [0.15, 0.2) is 5.65 Å². The van der Waals surface area contributed by atoms with Crippen molar-refractivity contribution in [3.05, 3.63) is 47.1 Å². The van der Waals surface area contributed by atoms with E-state index in [0.717, 1.165) is 28.4 Å². The molecule has 9 heteroatoms. The van der Waals surface area contributed by atoms with Crippen molar-refractivity contribution in [2.24, 2.45) is 0 Å². The number of carbonyl (C=O) groups excluding carboxylic acids is 1. The molecular weight excluding hydrogens is 453 g/mol. The quantitative estimate of drug-likeness (QED) is 0.513. The molecule has 0 radical (unpaired) electrons. The van der Waals surface area contributed by atoms with Crippen LogP contribution >= 0.6 is 15.9 Å². The number of unbranched alkanes of at least 4 members (excludes halogenated alkanes) is 1. The van der Waals surface area contributed by atoms with Crippen LogP contribution in [0.15, 0.2) is 41.3 Å². The normalized spacial score (nSPS) is 14.4. The number of nitrogens with zero attached hydrogens (tertiary/aromatic N) is 5. The first-order valence-electron chi connectivity index (χ1n) is 10.0. The maximum Gasteiger partial charge on any atom is 0.409 e. The molecule has 1 fully saturated rings. The molecule has 158 valence electrons. The largest absolute Gasteiger partial charge is 0.449 e. The molecular formula is C21H23BrFN5O2. The maximum atomic E-state index is 14.9. The van der Waals surface area contributed by atoms with Gasteiger partial charge in [0.1, 0.15) is 5.82 Å². The summed E-state index contributed by atoms with van der Waals surface area (Å²) in [5.74, 6) is -0.298. The molecule has 0 spiro atoms. The van der Waals surface area contributed by atoms with Crippen molar-refractivity contribution >= 4 is 33.4 Å². The van der Waals surface area contributed by atoms with Crippen molar-refractivity contribution in [2.75, 3.05) is 37.7 Å². The van der Waals surface area contributed by atoms with Gasteiger partial charge in [0.05, 0.1) is 23.0 Å². The highest BCUT2D eigenvalue weighted by Gasteiger charge is 2.24. The molecule has 3 heterocycles. The Hall–Kier alpha value is -2.68. The molecule has 0 unspecified atom stereocenters. The van der Waals surface area contributed by atoms with Crippen LogP contribution in [0, 0.1) is 5.82 Å². The molecule has 0 saturated carbocycles. The van der Waals surface area contributed by atoms with Gasteiger partial charge in [-0.15, -0.1) is 0 Å². The van der Waals surface area contributed by atoms with Crippen LogP contribution in [0.5, 0.6) is 0 Å². The van der Waals surface area contributed by atoms with Crippen molar-refractivity contribution in [3.63, 3.8) is 0 Å². The third-order valence-electron chi connectivity index (χ3n) is 5.20. The smallest absolute Gasteiger partial charge is 0.409 e. The number of rotatable bonds is 5. The van der Waals surface area contributed by atoms with Gasteiger partial charge in [0.25, 0.3) is 0 Å². The standard InChI is InChI=1S/C21H23BrFN5O2/c1-2-3-10-30-21(29)27-8-6-26(7-9-27)19-5-4-15(11-18(19)23)16-12-24-20-17(22)13-25-28(20)14-16/h4-5,11-14H,2-3,6-10H2,1H3. The number of piperazine rings is 1. The minimum absolute atomic E-state index is 0.285. The Kier molecular flexibility index (Phi) is 6.17. The molecule has 1 aromatic carbocycles. The second-order valence-corrected chi connectivity index (χ2v) is 8.07. The van der Waals surface area contributed by atoms with Crippen LogP contribution in [0.25, 0.3) is 16.8 Å². The number of fused-ring (bicyclic) bond motifs is 1.